The second-order valence-corrected chi connectivity index (χ2v) is 6.09. The van der Waals surface area contributed by atoms with E-state index < -0.39 is 23.9 Å². The first-order valence-corrected chi connectivity index (χ1v) is 7.70. The second kappa shape index (κ2) is 8.53. The number of hydrogen-bond acceptors (Lipinski definition) is 3. The highest BCUT2D eigenvalue weighted by Crippen LogP contribution is 2.16. The summed E-state index contributed by atoms with van der Waals surface area (Å²) in [5, 5.41) is 5.66. The van der Waals surface area contributed by atoms with Gasteiger partial charge in [0.15, 0.2) is 0 Å². The Bertz CT molecular complexity index is 590. The number of amides is 3. The minimum absolute atomic E-state index is 0.132. The molecule has 1 aromatic carbocycles. The van der Waals surface area contributed by atoms with Gasteiger partial charge in [-0.1, -0.05) is 43.6 Å². The minimum Gasteiger partial charge on any atom is -0.368 e. The molecule has 126 valence electrons. The molecule has 0 saturated heterocycles. The van der Waals surface area contributed by atoms with E-state index in [0.29, 0.717) is 10.6 Å². The van der Waals surface area contributed by atoms with Gasteiger partial charge in [0.25, 0.3) is 0 Å². The molecule has 7 heteroatoms. The van der Waals surface area contributed by atoms with E-state index in [9.17, 15) is 14.4 Å². The standard InChI is InChI=1S/C16H22ClN3O3/c1-9(2)14(19-10(3)21)16(23)20-13(15(18)22)8-11-6-4-5-7-12(11)17/h4-7,9,13-14H,8H2,1-3H3,(H2,18,22)(H,19,21)(H,20,23)/t13-,14-/m1/s1. The molecule has 4 N–H and O–H groups in total. The Hall–Kier alpha value is -2.08. The Morgan fingerprint density at radius 1 is 1.17 bits per heavy atom. The van der Waals surface area contributed by atoms with Crippen LogP contribution in [0.5, 0.6) is 0 Å². The van der Waals surface area contributed by atoms with Crippen molar-refractivity contribution in [3.05, 3.63) is 34.9 Å². The number of halogens is 1. The fraction of sp³-hybridized carbons (Fsp3) is 0.438. The first kappa shape index (κ1) is 19.0. The average molecular weight is 340 g/mol. The van der Waals surface area contributed by atoms with E-state index in [1.165, 1.54) is 6.92 Å². The predicted molar refractivity (Wildman–Crippen MR) is 88.7 cm³/mol. The molecule has 0 spiro atoms. The van der Waals surface area contributed by atoms with Crippen LogP contribution in [0.3, 0.4) is 0 Å². The van der Waals surface area contributed by atoms with Crippen molar-refractivity contribution in [2.75, 3.05) is 0 Å². The van der Waals surface area contributed by atoms with E-state index in [2.05, 4.69) is 10.6 Å². The summed E-state index contributed by atoms with van der Waals surface area (Å²) < 4.78 is 0. The van der Waals surface area contributed by atoms with E-state index in [-0.39, 0.29) is 18.2 Å². The number of hydrogen-bond donors (Lipinski definition) is 3. The van der Waals surface area contributed by atoms with Gasteiger partial charge < -0.3 is 16.4 Å². The predicted octanol–water partition coefficient (Wildman–Crippen LogP) is 1.01. The van der Waals surface area contributed by atoms with Gasteiger partial charge in [-0.25, -0.2) is 0 Å². The molecule has 0 aromatic heterocycles. The molecule has 0 unspecified atom stereocenters. The summed E-state index contributed by atoms with van der Waals surface area (Å²) in [6.45, 7) is 4.93. The van der Waals surface area contributed by atoms with E-state index >= 15 is 0 Å². The van der Waals surface area contributed by atoms with Gasteiger partial charge in [0, 0.05) is 18.4 Å². The molecule has 3 amide bonds. The lowest BCUT2D eigenvalue weighted by Gasteiger charge is -2.24. The van der Waals surface area contributed by atoms with Gasteiger partial charge in [0.1, 0.15) is 12.1 Å². The molecule has 1 aromatic rings. The molecule has 0 heterocycles. The number of carbonyl (C=O) groups excluding carboxylic acids is 3. The summed E-state index contributed by atoms with van der Waals surface area (Å²) >= 11 is 6.07. The van der Waals surface area contributed by atoms with Crippen molar-refractivity contribution in [2.45, 2.75) is 39.3 Å². The third-order valence-corrected chi connectivity index (χ3v) is 3.72. The zero-order chi connectivity index (χ0) is 17.6. The third kappa shape index (κ3) is 5.90. The molecule has 2 atom stereocenters. The van der Waals surface area contributed by atoms with Crippen LogP contribution in [0, 0.1) is 5.92 Å². The normalized spacial score (nSPS) is 13.3. The molecule has 0 bridgehead atoms. The van der Waals surface area contributed by atoms with Crippen molar-refractivity contribution in [3.63, 3.8) is 0 Å². The molecule has 1 rings (SSSR count). The van der Waals surface area contributed by atoms with Gasteiger partial charge >= 0.3 is 0 Å². The summed E-state index contributed by atoms with van der Waals surface area (Å²) in [5.74, 6) is -1.57. The lowest BCUT2D eigenvalue weighted by Crippen LogP contribution is -2.55. The zero-order valence-electron chi connectivity index (χ0n) is 13.4. The maximum Gasteiger partial charge on any atom is 0.243 e. The first-order chi connectivity index (χ1) is 10.7. The fourth-order valence-electron chi connectivity index (χ4n) is 2.12. The van der Waals surface area contributed by atoms with Gasteiger partial charge in [-0.15, -0.1) is 0 Å². The van der Waals surface area contributed by atoms with E-state index in [4.69, 9.17) is 17.3 Å². The van der Waals surface area contributed by atoms with Gasteiger partial charge in [-0.3, -0.25) is 14.4 Å². The number of carbonyl (C=O) groups is 3. The van der Waals surface area contributed by atoms with Crippen molar-refractivity contribution < 1.29 is 14.4 Å². The number of benzene rings is 1. The minimum atomic E-state index is -0.905. The van der Waals surface area contributed by atoms with Crippen molar-refractivity contribution >= 4 is 29.3 Å². The van der Waals surface area contributed by atoms with Gasteiger partial charge in [0.05, 0.1) is 0 Å². The van der Waals surface area contributed by atoms with E-state index in [0.717, 1.165) is 0 Å². The number of rotatable bonds is 7. The first-order valence-electron chi connectivity index (χ1n) is 7.32. The third-order valence-electron chi connectivity index (χ3n) is 3.35. The second-order valence-electron chi connectivity index (χ2n) is 5.68. The van der Waals surface area contributed by atoms with Crippen LogP contribution in [0.25, 0.3) is 0 Å². The van der Waals surface area contributed by atoms with E-state index in [1.807, 2.05) is 0 Å². The van der Waals surface area contributed by atoms with Crippen LogP contribution < -0.4 is 16.4 Å². The molecular weight excluding hydrogens is 318 g/mol. The largest absolute Gasteiger partial charge is 0.368 e. The van der Waals surface area contributed by atoms with Gasteiger partial charge in [-0.05, 0) is 17.5 Å². The van der Waals surface area contributed by atoms with Crippen molar-refractivity contribution in [1.82, 2.24) is 10.6 Å². The SMILES string of the molecule is CC(=O)N[C@@H](C(=O)N[C@H](Cc1ccccc1Cl)C(N)=O)C(C)C. The summed E-state index contributed by atoms with van der Waals surface area (Å²) in [5.41, 5.74) is 6.08. The number of nitrogens with two attached hydrogens (primary N) is 1. The fourth-order valence-corrected chi connectivity index (χ4v) is 2.33. The lowest BCUT2D eigenvalue weighted by atomic mass is 10.0. The quantitative estimate of drug-likeness (QED) is 0.691. The Balaban J connectivity index is 2.86. The Morgan fingerprint density at radius 3 is 2.26 bits per heavy atom. The molecule has 0 fully saturated rings. The maximum atomic E-state index is 12.3. The zero-order valence-corrected chi connectivity index (χ0v) is 14.2. The van der Waals surface area contributed by atoms with Gasteiger partial charge in [-0.2, -0.15) is 0 Å². The van der Waals surface area contributed by atoms with Crippen molar-refractivity contribution in [1.29, 1.82) is 0 Å². The highest BCUT2D eigenvalue weighted by molar-refractivity contribution is 6.31. The van der Waals surface area contributed by atoms with E-state index in [1.54, 1.807) is 38.1 Å². The van der Waals surface area contributed by atoms with Crippen molar-refractivity contribution in [2.24, 2.45) is 11.7 Å². The molecule has 23 heavy (non-hydrogen) atoms. The molecule has 0 aliphatic carbocycles. The van der Waals surface area contributed by atoms with Crippen LogP contribution in [-0.2, 0) is 20.8 Å². The summed E-state index contributed by atoms with van der Waals surface area (Å²) in [4.78, 5) is 35.2. The van der Waals surface area contributed by atoms with Crippen LogP contribution in [0.4, 0.5) is 0 Å². The topological polar surface area (TPSA) is 101 Å². The van der Waals surface area contributed by atoms with Crippen LogP contribution in [-0.4, -0.2) is 29.8 Å². The van der Waals surface area contributed by atoms with Crippen LogP contribution in [0.2, 0.25) is 5.02 Å². The lowest BCUT2D eigenvalue weighted by molar-refractivity contribution is -0.131. The number of nitrogens with one attached hydrogen (secondary N) is 2. The smallest absolute Gasteiger partial charge is 0.243 e. The van der Waals surface area contributed by atoms with Gasteiger partial charge in [0.2, 0.25) is 17.7 Å². The van der Waals surface area contributed by atoms with Crippen LogP contribution in [0.1, 0.15) is 26.3 Å². The molecular formula is C16H22ClN3O3. The summed E-state index contributed by atoms with van der Waals surface area (Å²) in [6.07, 6.45) is 0.186. The monoisotopic (exact) mass is 339 g/mol. The molecule has 0 saturated carbocycles. The highest BCUT2D eigenvalue weighted by Gasteiger charge is 2.27. The number of primary amides is 1. The van der Waals surface area contributed by atoms with Crippen LogP contribution in [0.15, 0.2) is 24.3 Å². The van der Waals surface area contributed by atoms with Crippen molar-refractivity contribution in [3.8, 4) is 0 Å². The summed E-state index contributed by atoms with van der Waals surface area (Å²) in [7, 11) is 0. The molecule has 6 nitrogen and oxygen atoms in total. The molecule has 0 radical (unpaired) electrons. The Morgan fingerprint density at radius 2 is 1.78 bits per heavy atom. The Labute approximate surface area is 140 Å². The molecule has 0 aliphatic rings. The Kier molecular flexibility index (Phi) is 7.03. The van der Waals surface area contributed by atoms with Crippen LogP contribution >= 0.6 is 11.6 Å². The molecule has 0 aliphatic heterocycles. The maximum absolute atomic E-state index is 12.3. The summed E-state index contributed by atoms with van der Waals surface area (Å²) in [6, 6.07) is 5.38. The highest BCUT2D eigenvalue weighted by atomic mass is 35.5. The average Bonchev–Trinajstić information content (AvgIpc) is 2.45.